The molecular formula is C21H28N6S. The molecule has 0 aromatic carbocycles. The molecule has 2 fully saturated rings. The molecule has 0 bridgehead atoms. The van der Waals surface area contributed by atoms with Gasteiger partial charge < -0.3 is 15.5 Å². The lowest BCUT2D eigenvalue weighted by atomic mass is 9.94. The summed E-state index contributed by atoms with van der Waals surface area (Å²) in [5.41, 5.74) is 3.37. The molecule has 1 aliphatic carbocycles. The molecule has 2 aromatic rings. The summed E-state index contributed by atoms with van der Waals surface area (Å²) in [6, 6.07) is 4.09. The Balaban J connectivity index is 1.50. The van der Waals surface area contributed by atoms with E-state index in [4.69, 9.17) is 4.98 Å². The monoisotopic (exact) mass is 396 g/mol. The van der Waals surface area contributed by atoms with E-state index in [0.29, 0.717) is 11.9 Å². The highest BCUT2D eigenvalue weighted by Gasteiger charge is 2.23. The van der Waals surface area contributed by atoms with E-state index in [1.165, 1.54) is 31.3 Å². The summed E-state index contributed by atoms with van der Waals surface area (Å²) >= 11 is 4.61. The van der Waals surface area contributed by atoms with Gasteiger partial charge in [0.05, 0.1) is 17.6 Å². The van der Waals surface area contributed by atoms with Crippen molar-refractivity contribution in [2.75, 3.05) is 36.4 Å². The first kappa shape index (κ1) is 19.2. The van der Waals surface area contributed by atoms with Crippen molar-refractivity contribution in [2.24, 2.45) is 5.92 Å². The number of hydrogen-bond acceptors (Lipinski definition) is 7. The van der Waals surface area contributed by atoms with Crippen molar-refractivity contribution in [1.82, 2.24) is 20.3 Å². The summed E-state index contributed by atoms with van der Waals surface area (Å²) in [4.78, 5) is 16.9. The Bertz CT molecular complexity index is 823. The highest BCUT2D eigenvalue weighted by molar-refractivity contribution is 7.80. The minimum atomic E-state index is 0.563. The highest BCUT2D eigenvalue weighted by atomic mass is 32.1. The van der Waals surface area contributed by atoms with Crippen molar-refractivity contribution in [3.63, 3.8) is 0 Å². The summed E-state index contributed by atoms with van der Waals surface area (Å²) in [5, 5.41) is 6.62. The summed E-state index contributed by atoms with van der Waals surface area (Å²) in [5.74, 6) is 1.89. The van der Waals surface area contributed by atoms with Gasteiger partial charge in [0.1, 0.15) is 5.82 Å². The second-order valence-electron chi connectivity index (χ2n) is 7.42. The van der Waals surface area contributed by atoms with Gasteiger partial charge >= 0.3 is 0 Å². The van der Waals surface area contributed by atoms with Gasteiger partial charge in [-0.05, 0) is 43.4 Å². The summed E-state index contributed by atoms with van der Waals surface area (Å²) < 4.78 is 0. The van der Waals surface area contributed by atoms with Crippen LogP contribution in [0.4, 0.5) is 17.5 Å². The van der Waals surface area contributed by atoms with E-state index in [9.17, 15) is 0 Å². The van der Waals surface area contributed by atoms with Crippen LogP contribution in [0.15, 0.2) is 35.5 Å². The van der Waals surface area contributed by atoms with Crippen molar-refractivity contribution in [1.29, 1.82) is 0 Å². The second kappa shape index (κ2) is 8.92. The fourth-order valence-electron chi connectivity index (χ4n) is 4.14. The molecule has 0 radical (unpaired) electrons. The minimum Gasteiger partial charge on any atom is -0.368 e. The van der Waals surface area contributed by atoms with Crippen molar-refractivity contribution in [3.05, 3.63) is 36.3 Å². The second-order valence-corrected chi connectivity index (χ2v) is 7.90. The standard InChI is InChI=1S/C21H28N6S/c1-2-17(15-5-3-4-6-15)20-18(28)14-24-21(26-20)25-19-8-7-16(13-23-19)27-11-9-22-10-12-27/h2,7-8,13-15,22,28H,3-6,9-12H2,1H3,(H,23,24,25,26)/b17-2+. The Morgan fingerprint density at radius 3 is 2.64 bits per heavy atom. The van der Waals surface area contributed by atoms with Gasteiger partial charge in [0.2, 0.25) is 5.95 Å². The molecule has 0 atom stereocenters. The normalized spacial score (nSPS) is 18.5. The zero-order valence-electron chi connectivity index (χ0n) is 16.4. The molecule has 4 rings (SSSR count). The van der Waals surface area contributed by atoms with Crippen LogP contribution >= 0.6 is 12.6 Å². The predicted molar refractivity (Wildman–Crippen MR) is 117 cm³/mol. The average Bonchev–Trinajstić information content (AvgIpc) is 3.27. The molecule has 1 saturated heterocycles. The van der Waals surface area contributed by atoms with Crippen molar-refractivity contribution < 1.29 is 0 Å². The molecule has 148 valence electrons. The number of anilines is 3. The van der Waals surface area contributed by atoms with Gasteiger partial charge in [-0.15, -0.1) is 12.6 Å². The maximum Gasteiger partial charge on any atom is 0.228 e. The first-order chi connectivity index (χ1) is 13.7. The average molecular weight is 397 g/mol. The maximum absolute atomic E-state index is 4.77. The first-order valence-electron chi connectivity index (χ1n) is 10.2. The third-order valence-corrected chi connectivity index (χ3v) is 5.95. The number of aromatic nitrogens is 3. The molecular weight excluding hydrogens is 368 g/mol. The lowest BCUT2D eigenvalue weighted by molar-refractivity contribution is 0.589. The number of piperazine rings is 1. The van der Waals surface area contributed by atoms with E-state index >= 15 is 0 Å². The molecule has 1 aliphatic heterocycles. The third-order valence-electron chi connectivity index (χ3n) is 5.62. The zero-order valence-corrected chi connectivity index (χ0v) is 17.3. The Hall–Kier alpha value is -2.12. The Kier molecular flexibility index (Phi) is 6.12. The number of hydrogen-bond donors (Lipinski definition) is 3. The smallest absolute Gasteiger partial charge is 0.228 e. The van der Waals surface area contributed by atoms with Crippen LogP contribution in [0.25, 0.3) is 5.57 Å². The molecule has 1 saturated carbocycles. The quantitative estimate of drug-likeness (QED) is 0.666. The number of allylic oxidation sites excluding steroid dienone is 2. The highest BCUT2D eigenvalue weighted by Crippen LogP contribution is 2.37. The molecule has 2 N–H and O–H groups in total. The Labute approximate surface area is 172 Å². The minimum absolute atomic E-state index is 0.563. The molecule has 0 spiro atoms. The van der Waals surface area contributed by atoms with Crippen LogP contribution in [-0.2, 0) is 0 Å². The van der Waals surface area contributed by atoms with Crippen LogP contribution in [0, 0.1) is 5.92 Å². The fraction of sp³-hybridized carbons (Fsp3) is 0.476. The number of rotatable bonds is 5. The van der Waals surface area contributed by atoms with Crippen LogP contribution in [0.3, 0.4) is 0 Å². The summed E-state index contributed by atoms with van der Waals surface area (Å²) in [6.45, 7) is 6.14. The van der Waals surface area contributed by atoms with Crippen LogP contribution in [-0.4, -0.2) is 41.1 Å². The van der Waals surface area contributed by atoms with E-state index in [-0.39, 0.29) is 0 Å². The van der Waals surface area contributed by atoms with Crippen LogP contribution in [0.1, 0.15) is 38.3 Å². The van der Waals surface area contributed by atoms with Gasteiger partial charge in [0, 0.05) is 37.3 Å². The molecule has 2 aromatic heterocycles. The van der Waals surface area contributed by atoms with E-state index < -0.39 is 0 Å². The zero-order chi connectivity index (χ0) is 19.3. The molecule has 7 heteroatoms. The summed E-state index contributed by atoms with van der Waals surface area (Å²) in [7, 11) is 0. The van der Waals surface area contributed by atoms with Gasteiger partial charge in [-0.2, -0.15) is 0 Å². The lowest BCUT2D eigenvalue weighted by Gasteiger charge is -2.29. The number of nitrogens with zero attached hydrogens (tertiary/aromatic N) is 4. The van der Waals surface area contributed by atoms with E-state index in [1.807, 2.05) is 12.3 Å². The fourth-order valence-corrected chi connectivity index (χ4v) is 4.37. The van der Waals surface area contributed by atoms with E-state index in [2.05, 4.69) is 57.2 Å². The SMILES string of the molecule is C/C=C(/c1nc(Nc2ccc(N3CCNCC3)cn2)ncc1S)C1CCCC1. The predicted octanol–water partition coefficient (Wildman–Crippen LogP) is 3.91. The molecule has 0 unspecified atom stereocenters. The van der Waals surface area contributed by atoms with Gasteiger partial charge in [-0.1, -0.05) is 18.9 Å². The van der Waals surface area contributed by atoms with Crippen molar-refractivity contribution in [2.45, 2.75) is 37.5 Å². The topological polar surface area (TPSA) is 66.0 Å². The molecule has 3 heterocycles. The van der Waals surface area contributed by atoms with Gasteiger partial charge in [-0.25, -0.2) is 15.0 Å². The van der Waals surface area contributed by atoms with Crippen molar-refractivity contribution >= 4 is 35.7 Å². The van der Waals surface area contributed by atoms with Crippen molar-refractivity contribution in [3.8, 4) is 0 Å². The molecule has 28 heavy (non-hydrogen) atoms. The van der Waals surface area contributed by atoms with Crippen LogP contribution < -0.4 is 15.5 Å². The van der Waals surface area contributed by atoms with Gasteiger partial charge in [0.15, 0.2) is 0 Å². The third kappa shape index (κ3) is 4.31. The number of pyridine rings is 1. The molecule has 2 aliphatic rings. The first-order valence-corrected chi connectivity index (χ1v) is 10.6. The van der Waals surface area contributed by atoms with Gasteiger partial charge in [-0.3, -0.25) is 0 Å². The van der Waals surface area contributed by atoms with Gasteiger partial charge in [0.25, 0.3) is 0 Å². The van der Waals surface area contributed by atoms with Crippen LogP contribution in [0.5, 0.6) is 0 Å². The van der Waals surface area contributed by atoms with E-state index in [1.54, 1.807) is 6.20 Å². The summed E-state index contributed by atoms with van der Waals surface area (Å²) in [6.07, 6.45) is 10.9. The maximum atomic E-state index is 4.77. The van der Waals surface area contributed by atoms with Crippen LogP contribution in [0.2, 0.25) is 0 Å². The molecule has 6 nitrogen and oxygen atoms in total. The number of nitrogens with one attached hydrogen (secondary N) is 2. The number of thiol groups is 1. The largest absolute Gasteiger partial charge is 0.368 e. The Morgan fingerprint density at radius 1 is 1.18 bits per heavy atom. The lowest BCUT2D eigenvalue weighted by Crippen LogP contribution is -2.43. The molecule has 0 amide bonds. The van der Waals surface area contributed by atoms with E-state index in [0.717, 1.165) is 48.3 Å². The Morgan fingerprint density at radius 2 is 1.96 bits per heavy atom.